The summed E-state index contributed by atoms with van der Waals surface area (Å²) in [5, 5.41) is 9.09. The van der Waals surface area contributed by atoms with Crippen molar-refractivity contribution in [2.45, 2.75) is 18.7 Å². The minimum Gasteiger partial charge on any atom is -0.485 e. The molecule has 0 bridgehead atoms. The van der Waals surface area contributed by atoms with Gasteiger partial charge in [-0.2, -0.15) is 0 Å². The highest BCUT2D eigenvalue weighted by Gasteiger charge is 2.16. The van der Waals surface area contributed by atoms with Crippen LogP contribution in [0.1, 0.15) is 11.4 Å². The molecule has 0 atom stereocenters. The molecule has 3 rings (SSSR count). The smallest absolute Gasteiger partial charge is 0.316 e. The first kappa shape index (κ1) is 18.0. The molecule has 3 aromatic rings. The highest BCUT2D eigenvalue weighted by molar-refractivity contribution is 7.99. The minimum absolute atomic E-state index is 0.167. The number of hydrogen-bond donors (Lipinski definition) is 0. The maximum Gasteiger partial charge on any atom is 0.316 e. The predicted molar refractivity (Wildman–Crippen MR) is 99.6 cm³/mol. The van der Waals surface area contributed by atoms with Crippen molar-refractivity contribution in [3.8, 4) is 11.4 Å². The number of carbonyl (C=O) groups is 1. The highest BCUT2D eigenvalue weighted by Crippen LogP contribution is 2.24. The van der Waals surface area contributed by atoms with Gasteiger partial charge in [0.05, 0.1) is 12.9 Å². The Kier molecular flexibility index (Phi) is 5.91. The summed E-state index contributed by atoms with van der Waals surface area (Å²) in [6, 6.07) is 17.6. The molecule has 0 saturated carbocycles. The first-order chi connectivity index (χ1) is 12.7. The van der Waals surface area contributed by atoms with Crippen LogP contribution in [0, 0.1) is 6.92 Å². The molecule has 0 saturated heterocycles. The molecule has 0 fully saturated rings. The van der Waals surface area contributed by atoms with E-state index in [1.165, 1.54) is 18.9 Å². The maximum absolute atomic E-state index is 11.5. The van der Waals surface area contributed by atoms with Crippen molar-refractivity contribution in [2.75, 3.05) is 12.9 Å². The first-order valence-corrected chi connectivity index (χ1v) is 9.05. The fraction of sp³-hybridized carbons (Fsp3) is 0.211. The van der Waals surface area contributed by atoms with Gasteiger partial charge in [0.25, 0.3) is 0 Å². The number of methoxy groups -OCH3 is 1. The Labute approximate surface area is 156 Å². The van der Waals surface area contributed by atoms with Gasteiger partial charge in [-0.1, -0.05) is 48.2 Å². The van der Waals surface area contributed by atoms with Gasteiger partial charge in [-0.15, -0.1) is 10.2 Å². The molecule has 6 nitrogen and oxygen atoms in total. The number of hydrogen-bond acceptors (Lipinski definition) is 6. The summed E-state index contributed by atoms with van der Waals surface area (Å²) in [7, 11) is 1.37. The number of rotatable bonds is 7. The molecule has 0 radical (unpaired) electrons. The van der Waals surface area contributed by atoms with Crippen LogP contribution in [0.5, 0.6) is 5.75 Å². The number of aryl methyl sites for hydroxylation is 1. The summed E-state index contributed by atoms with van der Waals surface area (Å²) in [5.41, 5.74) is 1.96. The summed E-state index contributed by atoms with van der Waals surface area (Å²) in [5.74, 6) is 1.32. The fourth-order valence-electron chi connectivity index (χ4n) is 2.37. The van der Waals surface area contributed by atoms with Gasteiger partial charge in [-0.3, -0.25) is 9.36 Å². The zero-order valence-electron chi connectivity index (χ0n) is 14.6. The molecule has 1 aromatic heterocycles. The molecular formula is C19H19N3O3S. The molecule has 2 aromatic carbocycles. The molecule has 0 unspecified atom stereocenters. The monoisotopic (exact) mass is 369 g/mol. The lowest BCUT2D eigenvalue weighted by Gasteiger charge is -2.12. The molecule has 1 heterocycles. The third-order valence-corrected chi connectivity index (χ3v) is 4.61. The van der Waals surface area contributed by atoms with Crippen LogP contribution in [0.2, 0.25) is 0 Å². The van der Waals surface area contributed by atoms with E-state index < -0.39 is 0 Å². The Balaban J connectivity index is 1.86. The Hall–Kier alpha value is -2.80. The number of esters is 1. The molecular weight excluding hydrogens is 350 g/mol. The average Bonchev–Trinajstić information content (AvgIpc) is 3.09. The second kappa shape index (κ2) is 8.53. The van der Waals surface area contributed by atoms with E-state index in [1.807, 2.05) is 66.1 Å². The molecule has 26 heavy (non-hydrogen) atoms. The normalized spacial score (nSPS) is 10.5. The van der Waals surface area contributed by atoms with Crippen molar-refractivity contribution >= 4 is 17.7 Å². The van der Waals surface area contributed by atoms with Crippen LogP contribution in [0.3, 0.4) is 0 Å². The fourth-order valence-corrected chi connectivity index (χ4v) is 3.17. The van der Waals surface area contributed by atoms with E-state index in [0.717, 1.165) is 17.0 Å². The summed E-state index contributed by atoms with van der Waals surface area (Å²) in [6.45, 7) is 2.26. The maximum atomic E-state index is 11.5. The Morgan fingerprint density at radius 1 is 1.08 bits per heavy atom. The summed E-state index contributed by atoms with van der Waals surface area (Å²) in [6.07, 6.45) is 0. The van der Waals surface area contributed by atoms with E-state index in [1.54, 1.807) is 0 Å². The zero-order valence-corrected chi connectivity index (χ0v) is 15.4. The Bertz CT molecular complexity index is 881. The summed E-state index contributed by atoms with van der Waals surface area (Å²) < 4.78 is 12.5. The van der Waals surface area contributed by atoms with Gasteiger partial charge in [0.15, 0.2) is 11.0 Å². The number of ether oxygens (including phenoxy) is 2. The molecule has 0 amide bonds. The van der Waals surface area contributed by atoms with Crippen LogP contribution in [-0.2, 0) is 16.1 Å². The van der Waals surface area contributed by atoms with Crippen LogP contribution < -0.4 is 4.74 Å². The van der Waals surface area contributed by atoms with Crippen molar-refractivity contribution in [1.82, 2.24) is 14.8 Å². The van der Waals surface area contributed by atoms with E-state index in [2.05, 4.69) is 10.2 Å². The lowest BCUT2D eigenvalue weighted by molar-refractivity contribution is -0.137. The van der Waals surface area contributed by atoms with Crippen LogP contribution in [0.4, 0.5) is 0 Å². The second-order valence-corrected chi connectivity index (χ2v) is 6.43. The number of para-hydroxylation sites is 2. The van der Waals surface area contributed by atoms with Gasteiger partial charge in [0.1, 0.15) is 12.4 Å². The zero-order chi connectivity index (χ0) is 18.4. The average molecular weight is 369 g/mol. The van der Waals surface area contributed by atoms with Crippen LogP contribution in [0.25, 0.3) is 5.69 Å². The SMILES string of the molecule is COC(=O)CSc1nnc(COc2ccccc2C)n1-c1ccccc1. The van der Waals surface area contributed by atoms with Crippen LogP contribution in [-0.4, -0.2) is 33.6 Å². The van der Waals surface area contributed by atoms with Crippen molar-refractivity contribution in [2.24, 2.45) is 0 Å². The standard InChI is InChI=1S/C19H19N3O3S/c1-14-8-6-7-11-16(14)25-12-17-20-21-19(26-13-18(23)24-2)22(17)15-9-4-3-5-10-15/h3-11H,12-13H2,1-2H3. The molecule has 0 N–H and O–H groups in total. The molecule has 7 heteroatoms. The van der Waals surface area contributed by atoms with Crippen molar-refractivity contribution in [1.29, 1.82) is 0 Å². The second-order valence-electron chi connectivity index (χ2n) is 5.49. The highest BCUT2D eigenvalue weighted by atomic mass is 32.2. The first-order valence-electron chi connectivity index (χ1n) is 8.07. The van der Waals surface area contributed by atoms with Gasteiger partial charge in [0, 0.05) is 5.69 Å². The van der Waals surface area contributed by atoms with Crippen LogP contribution in [0.15, 0.2) is 59.8 Å². The summed E-state index contributed by atoms with van der Waals surface area (Å²) in [4.78, 5) is 11.5. The molecule has 0 aliphatic heterocycles. The Morgan fingerprint density at radius 3 is 2.54 bits per heavy atom. The lowest BCUT2D eigenvalue weighted by Crippen LogP contribution is -2.08. The topological polar surface area (TPSA) is 66.2 Å². The van der Waals surface area contributed by atoms with Crippen molar-refractivity contribution in [3.63, 3.8) is 0 Å². The van der Waals surface area contributed by atoms with E-state index in [-0.39, 0.29) is 18.3 Å². The molecule has 0 spiro atoms. The van der Waals surface area contributed by atoms with Crippen molar-refractivity contribution < 1.29 is 14.3 Å². The summed E-state index contributed by atoms with van der Waals surface area (Å²) >= 11 is 1.28. The number of nitrogens with zero attached hydrogens (tertiary/aromatic N) is 3. The third kappa shape index (κ3) is 4.23. The van der Waals surface area contributed by atoms with Gasteiger partial charge >= 0.3 is 5.97 Å². The quantitative estimate of drug-likeness (QED) is 0.470. The number of aromatic nitrogens is 3. The largest absolute Gasteiger partial charge is 0.485 e. The molecule has 0 aliphatic rings. The predicted octanol–water partition coefficient (Wildman–Crippen LogP) is 3.42. The Morgan fingerprint density at radius 2 is 1.81 bits per heavy atom. The van der Waals surface area contributed by atoms with Gasteiger partial charge in [-0.25, -0.2) is 0 Å². The minimum atomic E-state index is -0.310. The van der Waals surface area contributed by atoms with Gasteiger partial charge < -0.3 is 9.47 Å². The van der Waals surface area contributed by atoms with E-state index >= 15 is 0 Å². The number of thioether (sulfide) groups is 1. The van der Waals surface area contributed by atoms with Crippen molar-refractivity contribution in [3.05, 3.63) is 66.0 Å². The van der Waals surface area contributed by atoms with E-state index in [4.69, 9.17) is 9.47 Å². The third-order valence-electron chi connectivity index (χ3n) is 3.71. The van der Waals surface area contributed by atoms with E-state index in [9.17, 15) is 4.79 Å². The van der Waals surface area contributed by atoms with E-state index in [0.29, 0.717) is 11.0 Å². The van der Waals surface area contributed by atoms with Crippen LogP contribution >= 0.6 is 11.8 Å². The van der Waals surface area contributed by atoms with Gasteiger partial charge in [-0.05, 0) is 30.7 Å². The molecule has 0 aliphatic carbocycles. The number of carbonyl (C=O) groups excluding carboxylic acids is 1. The number of benzene rings is 2. The lowest BCUT2D eigenvalue weighted by atomic mass is 10.2. The van der Waals surface area contributed by atoms with Gasteiger partial charge in [0.2, 0.25) is 0 Å². The molecule has 134 valence electrons.